The van der Waals surface area contributed by atoms with E-state index in [0.29, 0.717) is 0 Å². The van der Waals surface area contributed by atoms with Gasteiger partial charge in [-0.15, -0.1) is 0 Å². The first-order chi connectivity index (χ1) is 8.43. The minimum atomic E-state index is -1.35. The van der Waals surface area contributed by atoms with Gasteiger partial charge in [0.05, 0.1) is 19.4 Å². The van der Waals surface area contributed by atoms with E-state index in [0.717, 1.165) is 7.11 Å². The summed E-state index contributed by atoms with van der Waals surface area (Å²) < 4.78 is 4.33. The number of ether oxygens (including phenoxy) is 1. The number of carboxylic acid groups (broad SMARTS) is 1. The van der Waals surface area contributed by atoms with Crippen LogP contribution in [0.4, 0.5) is 0 Å². The van der Waals surface area contributed by atoms with Gasteiger partial charge < -0.3 is 20.5 Å². The van der Waals surface area contributed by atoms with Gasteiger partial charge in [-0.2, -0.15) is 0 Å². The number of hydrogen-bond acceptors (Lipinski definition) is 5. The summed E-state index contributed by atoms with van der Waals surface area (Å²) in [5.74, 6) is -3.48. The van der Waals surface area contributed by atoms with Gasteiger partial charge in [-0.25, -0.2) is 4.79 Å². The highest BCUT2D eigenvalue weighted by atomic mass is 16.5. The Labute approximate surface area is 103 Å². The molecular formula is C10H14N2O6. The molecule has 1 rings (SSSR count). The first kappa shape index (κ1) is 13.9. The van der Waals surface area contributed by atoms with Gasteiger partial charge in [-0.3, -0.25) is 14.4 Å². The van der Waals surface area contributed by atoms with Crippen LogP contribution in [0.15, 0.2) is 0 Å². The summed E-state index contributed by atoms with van der Waals surface area (Å²) in [6.45, 7) is 0.176. The molecule has 0 aromatic carbocycles. The lowest BCUT2D eigenvalue weighted by Crippen LogP contribution is -2.45. The van der Waals surface area contributed by atoms with Crippen molar-refractivity contribution in [1.29, 1.82) is 0 Å². The molecule has 0 spiro atoms. The fourth-order valence-electron chi connectivity index (χ4n) is 1.53. The number of nitrogens with one attached hydrogen (secondary N) is 2. The molecule has 1 saturated heterocycles. The van der Waals surface area contributed by atoms with E-state index in [1.165, 1.54) is 0 Å². The predicted octanol–water partition coefficient (Wildman–Crippen LogP) is -1.74. The minimum absolute atomic E-state index is 0.0242. The van der Waals surface area contributed by atoms with Crippen molar-refractivity contribution in [3.05, 3.63) is 0 Å². The molecule has 0 aliphatic carbocycles. The summed E-state index contributed by atoms with van der Waals surface area (Å²) in [7, 11) is 1.13. The number of rotatable bonds is 5. The number of carbonyl (C=O) groups is 4. The average Bonchev–Trinajstić information content (AvgIpc) is 2.74. The van der Waals surface area contributed by atoms with Crippen LogP contribution in [-0.2, 0) is 23.9 Å². The van der Waals surface area contributed by atoms with Crippen LogP contribution >= 0.6 is 0 Å². The number of carboxylic acids is 1. The van der Waals surface area contributed by atoms with Crippen LogP contribution < -0.4 is 10.6 Å². The van der Waals surface area contributed by atoms with E-state index in [-0.39, 0.29) is 18.9 Å². The number of amides is 2. The van der Waals surface area contributed by atoms with Gasteiger partial charge in [0.25, 0.3) is 0 Å². The molecule has 1 heterocycles. The van der Waals surface area contributed by atoms with Gasteiger partial charge in [0, 0.05) is 13.0 Å². The first-order valence-corrected chi connectivity index (χ1v) is 5.30. The quantitative estimate of drug-likeness (QED) is 0.503. The van der Waals surface area contributed by atoms with Crippen molar-refractivity contribution in [3.63, 3.8) is 0 Å². The molecule has 0 aromatic rings. The molecule has 8 nitrogen and oxygen atoms in total. The molecule has 18 heavy (non-hydrogen) atoms. The Morgan fingerprint density at radius 2 is 2.22 bits per heavy atom. The Balaban J connectivity index is 2.55. The summed E-state index contributed by atoms with van der Waals surface area (Å²) in [5.41, 5.74) is 0. The SMILES string of the molecule is COC(=O)C[C@H](NC(=O)C1CNC(=O)C1)C(=O)O. The number of carbonyl (C=O) groups excluding carboxylic acids is 3. The first-order valence-electron chi connectivity index (χ1n) is 5.30. The van der Waals surface area contributed by atoms with Crippen LogP contribution in [-0.4, -0.2) is 48.6 Å². The van der Waals surface area contributed by atoms with E-state index in [9.17, 15) is 19.2 Å². The smallest absolute Gasteiger partial charge is 0.326 e. The van der Waals surface area contributed by atoms with Crippen molar-refractivity contribution in [2.24, 2.45) is 5.92 Å². The average molecular weight is 258 g/mol. The molecule has 100 valence electrons. The summed E-state index contributed by atoms with van der Waals surface area (Å²) in [6.07, 6.45) is -0.429. The van der Waals surface area contributed by atoms with Gasteiger partial charge in [0.1, 0.15) is 6.04 Å². The highest BCUT2D eigenvalue weighted by molar-refractivity contribution is 5.92. The summed E-state index contributed by atoms with van der Waals surface area (Å²) >= 11 is 0. The van der Waals surface area contributed by atoms with Crippen molar-refractivity contribution in [2.45, 2.75) is 18.9 Å². The molecule has 8 heteroatoms. The lowest BCUT2D eigenvalue weighted by molar-refractivity contribution is -0.149. The molecule has 1 aliphatic heterocycles. The van der Waals surface area contributed by atoms with E-state index >= 15 is 0 Å². The van der Waals surface area contributed by atoms with E-state index in [4.69, 9.17) is 5.11 Å². The Morgan fingerprint density at radius 1 is 1.56 bits per heavy atom. The second-order valence-electron chi connectivity index (χ2n) is 3.88. The zero-order valence-corrected chi connectivity index (χ0v) is 9.76. The molecule has 2 amide bonds. The monoisotopic (exact) mass is 258 g/mol. The molecule has 0 saturated carbocycles. The molecule has 2 atom stereocenters. The second kappa shape index (κ2) is 5.99. The maximum Gasteiger partial charge on any atom is 0.326 e. The number of aliphatic carboxylic acids is 1. The van der Waals surface area contributed by atoms with Crippen LogP contribution in [0, 0.1) is 5.92 Å². The van der Waals surface area contributed by atoms with E-state index in [2.05, 4.69) is 15.4 Å². The number of esters is 1. The highest BCUT2D eigenvalue weighted by Crippen LogP contribution is 2.09. The van der Waals surface area contributed by atoms with Crippen molar-refractivity contribution in [2.75, 3.05) is 13.7 Å². The fraction of sp³-hybridized carbons (Fsp3) is 0.600. The van der Waals surface area contributed by atoms with Crippen molar-refractivity contribution >= 4 is 23.8 Å². The Hall–Kier alpha value is -2.12. The van der Waals surface area contributed by atoms with Gasteiger partial charge >= 0.3 is 11.9 Å². The normalized spacial score (nSPS) is 19.8. The standard InChI is InChI=1S/C10H14N2O6/c1-18-8(14)3-6(10(16)17)12-9(15)5-2-7(13)11-4-5/h5-6H,2-4H2,1H3,(H,11,13)(H,12,15)(H,16,17)/t5?,6-/m0/s1. The van der Waals surface area contributed by atoms with Crippen molar-refractivity contribution in [3.8, 4) is 0 Å². The largest absolute Gasteiger partial charge is 0.480 e. The molecular weight excluding hydrogens is 244 g/mol. The van der Waals surface area contributed by atoms with E-state index < -0.39 is 36.2 Å². The van der Waals surface area contributed by atoms with Crippen LogP contribution in [0.2, 0.25) is 0 Å². The zero-order valence-electron chi connectivity index (χ0n) is 9.76. The fourth-order valence-corrected chi connectivity index (χ4v) is 1.53. The third-order valence-electron chi connectivity index (χ3n) is 2.56. The molecule has 3 N–H and O–H groups in total. The van der Waals surface area contributed by atoms with Crippen LogP contribution in [0.5, 0.6) is 0 Å². The second-order valence-corrected chi connectivity index (χ2v) is 3.88. The Morgan fingerprint density at radius 3 is 2.67 bits per heavy atom. The van der Waals surface area contributed by atoms with Crippen LogP contribution in [0.3, 0.4) is 0 Å². The molecule has 0 aromatic heterocycles. The lowest BCUT2D eigenvalue weighted by Gasteiger charge is -2.15. The van der Waals surface area contributed by atoms with Gasteiger partial charge in [0.15, 0.2) is 0 Å². The zero-order chi connectivity index (χ0) is 13.7. The molecule has 0 bridgehead atoms. The van der Waals surface area contributed by atoms with Crippen LogP contribution in [0.1, 0.15) is 12.8 Å². The van der Waals surface area contributed by atoms with Crippen molar-refractivity contribution < 1.29 is 29.0 Å². The molecule has 0 radical (unpaired) electrons. The maximum atomic E-state index is 11.7. The van der Waals surface area contributed by atoms with E-state index in [1.54, 1.807) is 0 Å². The summed E-state index contributed by atoms with van der Waals surface area (Å²) in [5, 5.41) is 13.5. The highest BCUT2D eigenvalue weighted by Gasteiger charge is 2.31. The van der Waals surface area contributed by atoms with Gasteiger partial charge in [-0.05, 0) is 0 Å². The number of methoxy groups -OCH3 is 1. The Bertz CT molecular complexity index is 381. The van der Waals surface area contributed by atoms with Crippen LogP contribution in [0.25, 0.3) is 0 Å². The van der Waals surface area contributed by atoms with Gasteiger partial charge in [-0.1, -0.05) is 0 Å². The summed E-state index contributed by atoms with van der Waals surface area (Å²) in [4.78, 5) is 44.4. The maximum absolute atomic E-state index is 11.7. The third kappa shape index (κ3) is 3.72. The van der Waals surface area contributed by atoms with E-state index in [1.807, 2.05) is 0 Å². The lowest BCUT2D eigenvalue weighted by atomic mass is 10.1. The molecule has 1 aliphatic rings. The predicted molar refractivity (Wildman–Crippen MR) is 57.3 cm³/mol. The number of hydrogen-bond donors (Lipinski definition) is 3. The molecule has 1 unspecified atom stereocenters. The van der Waals surface area contributed by atoms with Gasteiger partial charge in [0.2, 0.25) is 11.8 Å². The summed E-state index contributed by atoms with van der Waals surface area (Å²) in [6, 6.07) is -1.35. The molecule has 1 fully saturated rings. The topological polar surface area (TPSA) is 122 Å². The Kier molecular flexibility index (Phi) is 4.64. The third-order valence-corrected chi connectivity index (χ3v) is 2.56. The minimum Gasteiger partial charge on any atom is -0.480 e. The van der Waals surface area contributed by atoms with Crippen molar-refractivity contribution in [1.82, 2.24) is 10.6 Å².